The summed E-state index contributed by atoms with van der Waals surface area (Å²) >= 11 is 0. The Bertz CT molecular complexity index is 260. The highest BCUT2D eigenvalue weighted by Gasteiger charge is 2.10. The first kappa shape index (κ1) is 16.9. The molecule has 0 aliphatic heterocycles. The van der Waals surface area contributed by atoms with Crippen LogP contribution in [0, 0.1) is 28.6 Å². The van der Waals surface area contributed by atoms with Crippen molar-refractivity contribution in [1.29, 1.82) is 10.5 Å². The Morgan fingerprint density at radius 1 is 1.11 bits per heavy atom. The number of rotatable bonds is 10. The first-order valence-corrected chi connectivity index (χ1v) is 6.55. The summed E-state index contributed by atoms with van der Waals surface area (Å²) in [6, 6.07) is 4.41. The third kappa shape index (κ3) is 8.95. The minimum absolute atomic E-state index is 0.148. The fourth-order valence-corrected chi connectivity index (χ4v) is 1.83. The van der Waals surface area contributed by atoms with Gasteiger partial charge in [-0.05, 0) is 31.8 Å². The van der Waals surface area contributed by atoms with Gasteiger partial charge in [0.25, 0.3) is 0 Å². The number of nitriles is 2. The molecule has 0 bridgehead atoms. The largest absolute Gasteiger partial charge is 0.330 e. The molecule has 0 aliphatic rings. The number of hydrogen-bond acceptors (Lipinski definition) is 5. The van der Waals surface area contributed by atoms with Gasteiger partial charge in [0.2, 0.25) is 0 Å². The van der Waals surface area contributed by atoms with Crippen molar-refractivity contribution in [3.05, 3.63) is 0 Å². The maximum atomic E-state index is 8.59. The molecular weight excluding hydrogens is 226 g/mol. The Morgan fingerprint density at radius 2 is 1.67 bits per heavy atom. The molecule has 0 spiro atoms. The summed E-state index contributed by atoms with van der Waals surface area (Å²) in [5.41, 5.74) is 11.6. The molecule has 0 radical (unpaired) electrons. The quantitative estimate of drug-likeness (QED) is 0.598. The normalized spacial score (nSPS) is 13.9. The zero-order valence-electron chi connectivity index (χ0n) is 11.3. The van der Waals surface area contributed by atoms with E-state index in [-0.39, 0.29) is 6.04 Å². The fourth-order valence-electron chi connectivity index (χ4n) is 1.83. The summed E-state index contributed by atoms with van der Waals surface area (Å²) in [5, 5.41) is 17.2. The monoisotopic (exact) mass is 251 g/mol. The molecule has 0 amide bonds. The van der Waals surface area contributed by atoms with Gasteiger partial charge in [-0.1, -0.05) is 6.92 Å². The number of nitrogens with two attached hydrogens (primary N) is 2. The smallest absolute Gasteiger partial charge is 0.0635 e. The second kappa shape index (κ2) is 11.0. The average molecular weight is 251 g/mol. The second-order valence-corrected chi connectivity index (χ2v) is 4.78. The molecule has 0 fully saturated rings. The summed E-state index contributed by atoms with van der Waals surface area (Å²) in [5.74, 6) is 0.451. The van der Waals surface area contributed by atoms with Crippen LogP contribution in [0.25, 0.3) is 0 Å². The van der Waals surface area contributed by atoms with Crippen molar-refractivity contribution in [2.45, 2.75) is 38.6 Å². The van der Waals surface area contributed by atoms with Crippen molar-refractivity contribution in [2.75, 3.05) is 26.2 Å². The van der Waals surface area contributed by atoms with Crippen molar-refractivity contribution >= 4 is 0 Å². The Morgan fingerprint density at radius 3 is 2.11 bits per heavy atom. The lowest BCUT2D eigenvalue weighted by atomic mass is 10.00. The first-order chi connectivity index (χ1) is 8.63. The van der Waals surface area contributed by atoms with E-state index in [1.807, 2.05) is 0 Å². The van der Waals surface area contributed by atoms with Crippen LogP contribution in [0.3, 0.4) is 0 Å². The van der Waals surface area contributed by atoms with Crippen LogP contribution in [-0.4, -0.2) is 37.1 Å². The minimum atomic E-state index is 0.148. The van der Waals surface area contributed by atoms with Crippen LogP contribution in [0.5, 0.6) is 0 Å². The molecule has 0 aliphatic carbocycles. The summed E-state index contributed by atoms with van der Waals surface area (Å²) in [6.45, 7) is 5.06. The van der Waals surface area contributed by atoms with Crippen molar-refractivity contribution in [2.24, 2.45) is 17.4 Å². The molecule has 4 N–H and O–H groups in total. The van der Waals surface area contributed by atoms with Gasteiger partial charge in [-0.3, -0.25) is 0 Å². The van der Waals surface area contributed by atoms with Gasteiger partial charge >= 0.3 is 0 Å². The van der Waals surface area contributed by atoms with Crippen LogP contribution in [-0.2, 0) is 0 Å². The van der Waals surface area contributed by atoms with Crippen molar-refractivity contribution in [3.8, 4) is 12.1 Å². The molecule has 0 rings (SSSR count). The summed E-state index contributed by atoms with van der Waals surface area (Å²) in [7, 11) is 0. The summed E-state index contributed by atoms with van der Waals surface area (Å²) in [6.07, 6.45) is 2.82. The maximum Gasteiger partial charge on any atom is 0.0635 e. The standard InChI is InChI=1S/C13H25N5/c1-12(11-16)10-13(17)4-9-18(7-2-5-14)8-3-6-15/h12-13H,2-4,7-11,16-17H2,1H3. The molecule has 0 aromatic rings. The van der Waals surface area contributed by atoms with E-state index in [1.165, 1.54) is 0 Å². The molecule has 0 saturated carbocycles. The van der Waals surface area contributed by atoms with E-state index in [9.17, 15) is 0 Å². The molecular formula is C13H25N5. The number of nitrogens with zero attached hydrogens (tertiary/aromatic N) is 3. The van der Waals surface area contributed by atoms with Crippen LogP contribution < -0.4 is 11.5 Å². The Labute approximate surface area is 110 Å². The molecule has 102 valence electrons. The molecule has 2 unspecified atom stereocenters. The van der Waals surface area contributed by atoms with Crippen LogP contribution in [0.15, 0.2) is 0 Å². The predicted octanol–water partition coefficient (Wildman–Crippen LogP) is 0.818. The average Bonchev–Trinajstić information content (AvgIpc) is 2.37. The highest BCUT2D eigenvalue weighted by atomic mass is 15.1. The van der Waals surface area contributed by atoms with Gasteiger partial charge in [-0.2, -0.15) is 10.5 Å². The van der Waals surface area contributed by atoms with E-state index >= 15 is 0 Å². The third-order valence-electron chi connectivity index (χ3n) is 3.00. The summed E-state index contributed by atoms with van der Waals surface area (Å²) < 4.78 is 0. The Kier molecular flexibility index (Phi) is 10.3. The van der Waals surface area contributed by atoms with Gasteiger partial charge in [0.1, 0.15) is 0 Å². The Balaban J connectivity index is 3.93. The molecule has 0 saturated heterocycles. The van der Waals surface area contributed by atoms with Gasteiger partial charge in [0.15, 0.2) is 0 Å². The van der Waals surface area contributed by atoms with Crippen molar-refractivity contribution < 1.29 is 0 Å². The molecule has 5 heteroatoms. The SMILES string of the molecule is CC(CN)CC(N)CCN(CCC#N)CCC#N. The van der Waals surface area contributed by atoms with Crippen LogP contribution in [0.1, 0.15) is 32.6 Å². The molecule has 0 heterocycles. The van der Waals surface area contributed by atoms with E-state index < -0.39 is 0 Å². The lowest BCUT2D eigenvalue weighted by molar-refractivity contribution is 0.268. The molecule has 0 aromatic heterocycles. The maximum absolute atomic E-state index is 8.59. The molecule has 2 atom stereocenters. The number of hydrogen-bond donors (Lipinski definition) is 2. The minimum Gasteiger partial charge on any atom is -0.330 e. The zero-order chi connectivity index (χ0) is 13.8. The molecule has 0 aromatic carbocycles. The van der Waals surface area contributed by atoms with Gasteiger partial charge in [-0.15, -0.1) is 0 Å². The van der Waals surface area contributed by atoms with E-state index in [0.29, 0.717) is 25.3 Å². The van der Waals surface area contributed by atoms with Crippen molar-refractivity contribution in [3.63, 3.8) is 0 Å². The highest BCUT2D eigenvalue weighted by Crippen LogP contribution is 2.07. The van der Waals surface area contributed by atoms with E-state index in [1.54, 1.807) is 0 Å². The first-order valence-electron chi connectivity index (χ1n) is 6.55. The van der Waals surface area contributed by atoms with Crippen LogP contribution in [0.4, 0.5) is 0 Å². The van der Waals surface area contributed by atoms with E-state index in [4.69, 9.17) is 22.0 Å². The van der Waals surface area contributed by atoms with Gasteiger partial charge in [0.05, 0.1) is 12.1 Å². The van der Waals surface area contributed by atoms with Crippen LogP contribution >= 0.6 is 0 Å². The van der Waals surface area contributed by atoms with E-state index in [2.05, 4.69) is 24.0 Å². The van der Waals surface area contributed by atoms with E-state index in [0.717, 1.165) is 32.5 Å². The third-order valence-corrected chi connectivity index (χ3v) is 3.00. The topological polar surface area (TPSA) is 103 Å². The van der Waals surface area contributed by atoms with Gasteiger partial charge < -0.3 is 16.4 Å². The van der Waals surface area contributed by atoms with Gasteiger partial charge in [0, 0.05) is 32.0 Å². The highest BCUT2D eigenvalue weighted by molar-refractivity contribution is 4.77. The summed E-state index contributed by atoms with van der Waals surface area (Å²) in [4.78, 5) is 2.14. The lowest BCUT2D eigenvalue weighted by Gasteiger charge is -2.23. The zero-order valence-corrected chi connectivity index (χ0v) is 11.3. The molecule has 5 nitrogen and oxygen atoms in total. The Hall–Kier alpha value is -1.14. The van der Waals surface area contributed by atoms with Gasteiger partial charge in [-0.25, -0.2) is 0 Å². The lowest BCUT2D eigenvalue weighted by Crippen LogP contribution is -2.33. The van der Waals surface area contributed by atoms with Crippen LogP contribution in [0.2, 0.25) is 0 Å². The predicted molar refractivity (Wildman–Crippen MR) is 72.3 cm³/mol. The molecule has 18 heavy (non-hydrogen) atoms. The van der Waals surface area contributed by atoms with Crippen molar-refractivity contribution in [1.82, 2.24) is 4.90 Å². The second-order valence-electron chi connectivity index (χ2n) is 4.78. The fraction of sp³-hybridized carbons (Fsp3) is 0.846.